The van der Waals surface area contributed by atoms with Crippen LogP contribution < -0.4 is 4.43 Å². The van der Waals surface area contributed by atoms with Crippen molar-refractivity contribution < 1.29 is 4.43 Å². The van der Waals surface area contributed by atoms with Crippen molar-refractivity contribution in [1.82, 2.24) is 4.73 Å². The summed E-state index contributed by atoms with van der Waals surface area (Å²) in [5, 5.41) is 11.7. The Bertz CT molecular complexity index is 579. The van der Waals surface area contributed by atoms with E-state index in [1.54, 1.807) is 31.2 Å². The summed E-state index contributed by atoms with van der Waals surface area (Å²) >= 11 is 5.83. The summed E-state index contributed by atoms with van der Waals surface area (Å²) in [6.07, 6.45) is 1.15. The second-order valence-corrected chi connectivity index (χ2v) is 3.75. The maximum Gasteiger partial charge on any atom is 0.354 e. The molecule has 0 bridgehead atoms. The quantitative estimate of drug-likeness (QED) is 0.714. The zero-order valence-electron chi connectivity index (χ0n) is 8.55. The van der Waals surface area contributed by atoms with Gasteiger partial charge in [0.1, 0.15) is 5.69 Å². The van der Waals surface area contributed by atoms with Gasteiger partial charge >= 0.3 is 5.15 Å². The van der Waals surface area contributed by atoms with Gasteiger partial charge in [0, 0.05) is 10.5 Å². The Kier molecular flexibility index (Phi) is 2.66. The van der Waals surface area contributed by atoms with Crippen molar-refractivity contribution >= 4 is 11.6 Å². The monoisotopic (exact) mass is 236 g/mol. The molecular weight excluding hydrogens is 228 g/mol. The molecule has 5 heteroatoms. The van der Waals surface area contributed by atoms with E-state index in [0.717, 1.165) is 6.20 Å². The standard InChI is InChI=1S/C11H9ClN2O2/c1-8-7-13(15)11(12)10(14(8)16)9-5-3-2-4-6-9/h2-7H,1H3. The Morgan fingerprint density at radius 3 is 2.56 bits per heavy atom. The van der Waals surface area contributed by atoms with E-state index in [1.807, 2.05) is 6.07 Å². The highest BCUT2D eigenvalue weighted by molar-refractivity contribution is 6.30. The van der Waals surface area contributed by atoms with Gasteiger partial charge in [0.05, 0.1) is 10.1 Å². The van der Waals surface area contributed by atoms with Crippen LogP contribution >= 0.6 is 11.6 Å². The Labute approximate surface area is 96.9 Å². The summed E-state index contributed by atoms with van der Waals surface area (Å²) in [6, 6.07) is 8.85. The van der Waals surface area contributed by atoms with Crippen LogP contribution in [0.2, 0.25) is 5.15 Å². The molecule has 16 heavy (non-hydrogen) atoms. The fraction of sp³-hybridized carbons (Fsp3) is 0.0909. The van der Waals surface area contributed by atoms with Crippen molar-refractivity contribution in [1.29, 1.82) is 0 Å². The van der Waals surface area contributed by atoms with Crippen LogP contribution in [0.3, 0.4) is 0 Å². The fourth-order valence-corrected chi connectivity index (χ4v) is 1.71. The minimum Gasteiger partial charge on any atom is -0.805 e. The lowest BCUT2D eigenvalue weighted by molar-refractivity contribution is -0.492. The van der Waals surface area contributed by atoms with Gasteiger partial charge in [-0.3, -0.25) is 0 Å². The predicted molar refractivity (Wildman–Crippen MR) is 61.7 cm³/mol. The topological polar surface area (TPSA) is 51.0 Å². The molecule has 0 saturated heterocycles. The molecule has 1 aromatic heterocycles. The van der Waals surface area contributed by atoms with Gasteiger partial charge in [-0.2, -0.15) is 0 Å². The lowest BCUT2D eigenvalue weighted by Crippen LogP contribution is -2.20. The minimum atomic E-state index is -0.119. The molecule has 0 aliphatic heterocycles. The van der Waals surface area contributed by atoms with E-state index in [-0.39, 0.29) is 10.8 Å². The van der Waals surface area contributed by atoms with E-state index in [9.17, 15) is 10.1 Å². The molecule has 1 aromatic carbocycles. The normalized spacial score (nSPS) is 10.4. The molecule has 0 N–H and O–H groups in total. The maximum absolute atomic E-state index is 11.8. The van der Waals surface area contributed by atoms with Crippen molar-refractivity contribution in [3.63, 3.8) is 0 Å². The van der Waals surface area contributed by atoms with E-state index in [2.05, 4.69) is 0 Å². The molecule has 0 saturated carbocycles. The minimum absolute atomic E-state index is 0.119. The van der Waals surface area contributed by atoms with Crippen LogP contribution in [0.5, 0.6) is 0 Å². The smallest absolute Gasteiger partial charge is 0.354 e. The van der Waals surface area contributed by atoms with Crippen LogP contribution in [0, 0.1) is 17.0 Å². The molecule has 0 atom stereocenters. The average molecular weight is 237 g/mol. The highest BCUT2D eigenvalue weighted by Crippen LogP contribution is 2.24. The molecule has 0 unspecified atom stereocenters. The molecule has 4 nitrogen and oxygen atoms in total. The lowest BCUT2D eigenvalue weighted by atomic mass is 10.1. The van der Waals surface area contributed by atoms with Crippen LogP contribution in [-0.2, 0) is 0 Å². The summed E-state index contributed by atoms with van der Waals surface area (Å²) in [5.74, 6) is 0. The molecule has 0 radical (unpaired) electrons. The van der Waals surface area contributed by atoms with Gasteiger partial charge in [-0.15, -0.1) is 0 Å². The number of rotatable bonds is 1. The van der Waals surface area contributed by atoms with Crippen molar-refractivity contribution in [3.8, 4) is 11.3 Å². The summed E-state index contributed by atoms with van der Waals surface area (Å²) in [6.45, 7) is 1.56. The molecule has 0 fully saturated rings. The third kappa shape index (κ3) is 1.67. The van der Waals surface area contributed by atoms with Crippen molar-refractivity contribution in [2.24, 2.45) is 0 Å². The summed E-state index contributed by atoms with van der Waals surface area (Å²) < 4.78 is 1.15. The van der Waals surface area contributed by atoms with E-state index in [0.29, 0.717) is 20.4 Å². The van der Waals surface area contributed by atoms with Gasteiger partial charge < -0.3 is 9.94 Å². The molecule has 0 spiro atoms. The second kappa shape index (κ2) is 3.98. The van der Waals surface area contributed by atoms with E-state index in [1.165, 1.54) is 0 Å². The van der Waals surface area contributed by atoms with Gasteiger partial charge in [0.2, 0.25) is 6.20 Å². The van der Waals surface area contributed by atoms with Crippen molar-refractivity contribution in [2.75, 3.05) is 0 Å². The SMILES string of the molecule is Cc1c[n+](=O)c(Cl)c(-c2ccccc2)n1[O-]. The van der Waals surface area contributed by atoms with Crippen LogP contribution in [0.4, 0.5) is 0 Å². The number of nitrogens with zero attached hydrogens (tertiary/aromatic N) is 2. The third-order valence-electron chi connectivity index (χ3n) is 2.26. The summed E-state index contributed by atoms with van der Waals surface area (Å²) in [5.41, 5.74) is 1.10. The van der Waals surface area contributed by atoms with Crippen molar-refractivity contribution in [3.05, 3.63) is 57.5 Å². The Hall–Kier alpha value is -1.81. The third-order valence-corrected chi connectivity index (χ3v) is 2.61. The number of aromatic nitrogens is 2. The van der Waals surface area contributed by atoms with Gasteiger partial charge in [0.25, 0.3) is 0 Å². The first-order chi connectivity index (χ1) is 7.61. The second-order valence-electron chi connectivity index (χ2n) is 3.40. The molecular formula is C11H9ClN2O2. The number of hydrogen-bond donors (Lipinski definition) is 0. The van der Waals surface area contributed by atoms with E-state index < -0.39 is 0 Å². The van der Waals surface area contributed by atoms with E-state index >= 15 is 0 Å². The molecule has 1 heterocycles. The van der Waals surface area contributed by atoms with Gasteiger partial charge in [0.15, 0.2) is 0 Å². The molecule has 2 aromatic rings. The molecule has 0 aliphatic carbocycles. The van der Waals surface area contributed by atoms with E-state index in [4.69, 9.17) is 11.6 Å². The maximum atomic E-state index is 11.8. The highest BCUT2D eigenvalue weighted by Gasteiger charge is 2.17. The molecule has 2 rings (SSSR count). The molecule has 0 amide bonds. The first kappa shape index (κ1) is 10.7. The van der Waals surface area contributed by atoms with Crippen LogP contribution in [-0.4, -0.2) is 4.73 Å². The molecule has 82 valence electrons. The van der Waals surface area contributed by atoms with Crippen molar-refractivity contribution in [2.45, 2.75) is 6.92 Å². The van der Waals surface area contributed by atoms with Gasteiger partial charge in [-0.25, -0.2) is 0 Å². The zero-order chi connectivity index (χ0) is 11.7. The van der Waals surface area contributed by atoms with Crippen LogP contribution in [0.1, 0.15) is 5.69 Å². The number of hydrogen-bond acceptors (Lipinski definition) is 2. The summed E-state index contributed by atoms with van der Waals surface area (Å²) in [7, 11) is 0. The Morgan fingerprint density at radius 1 is 1.31 bits per heavy atom. The van der Waals surface area contributed by atoms with Gasteiger partial charge in [-0.05, 0) is 18.5 Å². The fourth-order valence-electron chi connectivity index (χ4n) is 1.48. The predicted octanol–water partition coefficient (Wildman–Crippen LogP) is 2.38. The first-order valence-corrected chi connectivity index (χ1v) is 5.06. The molecule has 0 aliphatic rings. The van der Waals surface area contributed by atoms with Crippen LogP contribution in [0.25, 0.3) is 11.3 Å². The largest absolute Gasteiger partial charge is 0.805 e. The van der Waals surface area contributed by atoms with Crippen LogP contribution in [0.15, 0.2) is 36.5 Å². The number of aryl methyl sites for hydroxylation is 1. The van der Waals surface area contributed by atoms with Gasteiger partial charge in [-0.1, -0.05) is 30.3 Å². The Morgan fingerprint density at radius 2 is 1.94 bits per heavy atom. The number of benzene rings is 1. The first-order valence-electron chi connectivity index (χ1n) is 4.68. The Balaban J connectivity index is 2.79. The highest BCUT2D eigenvalue weighted by atomic mass is 35.5. The summed E-state index contributed by atoms with van der Waals surface area (Å²) in [4.78, 5) is 11.4. The zero-order valence-corrected chi connectivity index (χ0v) is 9.31. The number of halogens is 1. The lowest BCUT2D eigenvalue weighted by Gasteiger charge is -2.17. The average Bonchev–Trinajstić information content (AvgIpc) is 2.28.